The van der Waals surface area contributed by atoms with Crippen LogP contribution in [0.1, 0.15) is 45.5 Å². The number of nitrogens with zero attached hydrogens (tertiary/aromatic N) is 3. The Morgan fingerprint density at radius 3 is 2.37 bits per heavy atom. The average Bonchev–Trinajstić information content (AvgIpc) is 3.30. The molecule has 0 bridgehead atoms. The fourth-order valence-corrected chi connectivity index (χ4v) is 5.95. The van der Waals surface area contributed by atoms with Crippen LogP contribution in [0.15, 0.2) is 97.1 Å². The predicted octanol–water partition coefficient (Wildman–Crippen LogP) is 7.14. The second-order valence-electron chi connectivity index (χ2n) is 11.1. The number of hydrogen-bond acceptors (Lipinski definition) is 3. The zero-order chi connectivity index (χ0) is 28.3. The molecule has 41 heavy (non-hydrogen) atoms. The molecular formula is C35H34FN3O2. The Hall–Kier alpha value is -4.45. The SMILES string of the molecule is Cc1cc(C)cc(C(=O)N2CCC(Oc3nc4ccccc4n3Cc3ccc(F)cc3)CC2Cc2ccccc2)c1. The van der Waals surface area contributed by atoms with Crippen LogP contribution in [-0.4, -0.2) is 39.0 Å². The second-order valence-corrected chi connectivity index (χ2v) is 11.1. The molecule has 4 aromatic carbocycles. The number of amides is 1. The number of aromatic nitrogens is 2. The van der Waals surface area contributed by atoms with Crippen molar-refractivity contribution in [1.82, 2.24) is 14.5 Å². The van der Waals surface area contributed by atoms with Crippen molar-refractivity contribution in [3.8, 4) is 6.01 Å². The largest absolute Gasteiger partial charge is 0.461 e. The van der Waals surface area contributed by atoms with E-state index in [1.165, 1.54) is 17.7 Å². The van der Waals surface area contributed by atoms with Crippen molar-refractivity contribution in [3.63, 3.8) is 0 Å². The van der Waals surface area contributed by atoms with E-state index in [1.807, 2.05) is 73.3 Å². The lowest BCUT2D eigenvalue weighted by Crippen LogP contribution is -2.50. The number of imidazole rings is 1. The van der Waals surface area contributed by atoms with Gasteiger partial charge in [-0.15, -0.1) is 0 Å². The van der Waals surface area contributed by atoms with Gasteiger partial charge in [-0.2, -0.15) is 4.98 Å². The summed E-state index contributed by atoms with van der Waals surface area (Å²) in [5.74, 6) is -0.188. The lowest BCUT2D eigenvalue weighted by molar-refractivity contribution is 0.0362. The third-order valence-electron chi connectivity index (χ3n) is 7.86. The Morgan fingerprint density at radius 2 is 1.61 bits per heavy atom. The maximum absolute atomic E-state index is 13.8. The molecule has 6 heteroatoms. The molecule has 0 aliphatic carbocycles. The average molecular weight is 548 g/mol. The van der Waals surface area contributed by atoms with Crippen molar-refractivity contribution in [3.05, 3.63) is 131 Å². The summed E-state index contributed by atoms with van der Waals surface area (Å²) in [7, 11) is 0. The highest BCUT2D eigenvalue weighted by atomic mass is 19.1. The highest BCUT2D eigenvalue weighted by molar-refractivity contribution is 5.95. The minimum absolute atomic E-state index is 0.0144. The Morgan fingerprint density at radius 1 is 0.902 bits per heavy atom. The molecule has 1 amide bonds. The third kappa shape index (κ3) is 6.02. The van der Waals surface area contributed by atoms with Gasteiger partial charge in [0, 0.05) is 31.0 Å². The fourth-order valence-electron chi connectivity index (χ4n) is 5.95. The Balaban J connectivity index is 1.28. The van der Waals surface area contributed by atoms with Gasteiger partial charge in [-0.1, -0.05) is 71.8 Å². The van der Waals surface area contributed by atoms with Crippen molar-refractivity contribution in [2.45, 2.75) is 51.8 Å². The van der Waals surface area contributed by atoms with Gasteiger partial charge in [0.2, 0.25) is 0 Å². The molecule has 1 aliphatic heterocycles. The number of carbonyl (C=O) groups excluding carboxylic acids is 1. The third-order valence-corrected chi connectivity index (χ3v) is 7.86. The summed E-state index contributed by atoms with van der Waals surface area (Å²) in [6.07, 6.45) is 2.06. The van der Waals surface area contributed by atoms with Crippen molar-refractivity contribution in [1.29, 1.82) is 0 Å². The molecule has 2 heterocycles. The van der Waals surface area contributed by atoms with E-state index in [9.17, 15) is 9.18 Å². The molecule has 0 radical (unpaired) electrons. The van der Waals surface area contributed by atoms with Crippen LogP contribution in [0.25, 0.3) is 11.0 Å². The summed E-state index contributed by atoms with van der Waals surface area (Å²) in [4.78, 5) is 20.7. The number of aryl methyl sites for hydroxylation is 2. The fraction of sp³-hybridized carbons (Fsp3) is 0.257. The lowest BCUT2D eigenvalue weighted by atomic mass is 9.92. The van der Waals surface area contributed by atoms with Gasteiger partial charge in [0.15, 0.2) is 0 Å². The minimum atomic E-state index is -0.257. The number of piperidine rings is 1. The molecule has 1 fully saturated rings. The molecule has 1 aliphatic rings. The molecule has 2 atom stereocenters. The van der Waals surface area contributed by atoms with Gasteiger partial charge in [-0.3, -0.25) is 9.36 Å². The molecule has 5 nitrogen and oxygen atoms in total. The summed E-state index contributed by atoms with van der Waals surface area (Å²) in [6, 6.07) is 31.4. The molecule has 0 spiro atoms. The van der Waals surface area contributed by atoms with Crippen LogP contribution in [0.3, 0.4) is 0 Å². The molecule has 2 unspecified atom stereocenters. The number of para-hydroxylation sites is 2. The van der Waals surface area contributed by atoms with E-state index >= 15 is 0 Å². The lowest BCUT2D eigenvalue weighted by Gasteiger charge is -2.39. The number of hydrogen-bond donors (Lipinski definition) is 0. The van der Waals surface area contributed by atoms with Crippen LogP contribution in [0, 0.1) is 19.7 Å². The number of benzene rings is 4. The van der Waals surface area contributed by atoms with Crippen LogP contribution in [0.5, 0.6) is 6.01 Å². The van der Waals surface area contributed by atoms with Gasteiger partial charge in [-0.25, -0.2) is 4.39 Å². The van der Waals surface area contributed by atoms with E-state index in [-0.39, 0.29) is 23.9 Å². The standard InChI is InChI=1S/C35H34FN3O2/c1-24-18-25(2)20-28(19-24)34(40)38-17-16-31(22-30(38)21-26-8-4-3-5-9-26)41-35-37-32-10-6-7-11-33(32)39(35)23-27-12-14-29(36)15-13-27/h3-15,18-20,30-31H,16-17,21-23H2,1-2H3. The first-order valence-corrected chi connectivity index (χ1v) is 14.2. The van der Waals surface area contributed by atoms with E-state index in [1.54, 1.807) is 12.1 Å². The van der Waals surface area contributed by atoms with Crippen molar-refractivity contribution < 1.29 is 13.9 Å². The van der Waals surface area contributed by atoms with E-state index < -0.39 is 0 Å². The summed E-state index contributed by atoms with van der Waals surface area (Å²) in [5, 5.41) is 0. The Bertz CT molecular complexity index is 1640. The van der Waals surface area contributed by atoms with E-state index in [4.69, 9.17) is 9.72 Å². The predicted molar refractivity (Wildman–Crippen MR) is 160 cm³/mol. The van der Waals surface area contributed by atoms with Crippen LogP contribution in [0.2, 0.25) is 0 Å². The van der Waals surface area contributed by atoms with Gasteiger partial charge >= 0.3 is 0 Å². The quantitative estimate of drug-likeness (QED) is 0.218. The van der Waals surface area contributed by atoms with E-state index in [0.717, 1.165) is 39.7 Å². The Kier molecular flexibility index (Phi) is 7.55. The summed E-state index contributed by atoms with van der Waals surface area (Å²) >= 11 is 0. The van der Waals surface area contributed by atoms with Gasteiger partial charge in [0.25, 0.3) is 11.9 Å². The number of fused-ring (bicyclic) bond motifs is 1. The zero-order valence-electron chi connectivity index (χ0n) is 23.5. The van der Waals surface area contributed by atoms with Crippen LogP contribution < -0.4 is 4.74 Å². The zero-order valence-corrected chi connectivity index (χ0v) is 23.5. The first kappa shape index (κ1) is 26.8. The van der Waals surface area contributed by atoms with Crippen LogP contribution in [0.4, 0.5) is 4.39 Å². The maximum Gasteiger partial charge on any atom is 0.297 e. The normalized spacial score (nSPS) is 17.1. The van der Waals surface area contributed by atoms with Crippen molar-refractivity contribution in [2.75, 3.05) is 6.54 Å². The molecule has 0 saturated carbocycles. The van der Waals surface area contributed by atoms with E-state index in [0.29, 0.717) is 31.9 Å². The molecule has 0 N–H and O–H groups in total. The topological polar surface area (TPSA) is 47.4 Å². The van der Waals surface area contributed by atoms with Gasteiger partial charge in [0.05, 0.1) is 17.6 Å². The maximum atomic E-state index is 13.8. The molecular weight excluding hydrogens is 513 g/mol. The summed E-state index contributed by atoms with van der Waals surface area (Å²) in [6.45, 7) is 5.19. The monoisotopic (exact) mass is 547 g/mol. The highest BCUT2D eigenvalue weighted by Gasteiger charge is 2.34. The molecule has 5 aromatic rings. The highest BCUT2D eigenvalue weighted by Crippen LogP contribution is 2.29. The minimum Gasteiger partial charge on any atom is -0.461 e. The number of likely N-dealkylation sites (tertiary alicyclic amines) is 1. The smallest absolute Gasteiger partial charge is 0.297 e. The van der Waals surface area contributed by atoms with Gasteiger partial charge in [-0.05, 0) is 67.8 Å². The molecule has 1 saturated heterocycles. The Labute approximate surface area is 240 Å². The van der Waals surface area contributed by atoms with Crippen molar-refractivity contribution in [2.24, 2.45) is 0 Å². The summed E-state index contributed by atoms with van der Waals surface area (Å²) < 4.78 is 22.3. The summed E-state index contributed by atoms with van der Waals surface area (Å²) in [5.41, 5.74) is 6.90. The first-order chi connectivity index (χ1) is 19.9. The second kappa shape index (κ2) is 11.6. The molecule has 1 aromatic heterocycles. The molecule has 6 rings (SSSR count). The van der Waals surface area contributed by atoms with Gasteiger partial charge < -0.3 is 9.64 Å². The number of ether oxygens (including phenoxy) is 1. The number of halogens is 1. The molecule has 208 valence electrons. The van der Waals surface area contributed by atoms with Crippen LogP contribution in [-0.2, 0) is 13.0 Å². The van der Waals surface area contributed by atoms with Gasteiger partial charge in [0.1, 0.15) is 11.9 Å². The van der Waals surface area contributed by atoms with E-state index in [2.05, 4.69) is 22.8 Å². The number of rotatable bonds is 7. The van der Waals surface area contributed by atoms with Crippen LogP contribution >= 0.6 is 0 Å². The number of carbonyl (C=O) groups is 1. The first-order valence-electron chi connectivity index (χ1n) is 14.2. The van der Waals surface area contributed by atoms with Crippen molar-refractivity contribution >= 4 is 16.9 Å².